The number of benzene rings is 1. The van der Waals surface area contributed by atoms with Crippen molar-refractivity contribution in [2.24, 2.45) is 5.92 Å². The molecule has 0 aromatic heterocycles. The molecule has 108 valence electrons. The minimum Gasteiger partial charge on any atom is -0.385 e. The Bertz CT molecular complexity index is 462. The molecule has 1 amide bonds. The number of rotatable bonds is 7. The molecule has 4 heteroatoms. The molecule has 0 fully saturated rings. The van der Waals surface area contributed by atoms with Crippen LogP contribution >= 0.6 is 0 Å². The summed E-state index contributed by atoms with van der Waals surface area (Å²) in [5, 5.41) is 12.1. The molecule has 0 saturated heterocycles. The molecule has 1 N–H and O–H groups in total. The first-order valence-electron chi connectivity index (χ1n) is 7.15. The van der Waals surface area contributed by atoms with Gasteiger partial charge in [-0.3, -0.25) is 4.79 Å². The summed E-state index contributed by atoms with van der Waals surface area (Å²) in [5.41, 5.74) is 1.69. The summed E-state index contributed by atoms with van der Waals surface area (Å²) < 4.78 is 0. The molecule has 1 atom stereocenters. The number of carbonyl (C=O) groups is 1. The fraction of sp³-hybridized carbons (Fsp3) is 0.500. The first-order chi connectivity index (χ1) is 9.62. The molecule has 0 aliphatic rings. The topological polar surface area (TPSA) is 56.1 Å². The van der Waals surface area contributed by atoms with Crippen molar-refractivity contribution in [3.8, 4) is 6.07 Å². The molecule has 1 aromatic rings. The summed E-state index contributed by atoms with van der Waals surface area (Å²) in [6.45, 7) is 7.88. The van der Waals surface area contributed by atoms with Crippen molar-refractivity contribution < 1.29 is 4.79 Å². The lowest BCUT2D eigenvalue weighted by molar-refractivity contribution is 0.0753. The van der Waals surface area contributed by atoms with Gasteiger partial charge < -0.3 is 10.2 Å². The molecule has 0 aliphatic carbocycles. The third-order valence-corrected chi connectivity index (χ3v) is 3.09. The molecule has 0 aliphatic heterocycles. The molecule has 0 bridgehead atoms. The monoisotopic (exact) mass is 273 g/mol. The van der Waals surface area contributed by atoms with Gasteiger partial charge in [0.25, 0.3) is 5.91 Å². The van der Waals surface area contributed by atoms with E-state index >= 15 is 0 Å². The molecule has 4 nitrogen and oxygen atoms in total. The number of amides is 1. The number of nitrogens with zero attached hydrogens (tertiary/aromatic N) is 2. The van der Waals surface area contributed by atoms with E-state index < -0.39 is 0 Å². The van der Waals surface area contributed by atoms with Gasteiger partial charge in [0.15, 0.2) is 0 Å². The van der Waals surface area contributed by atoms with Crippen LogP contribution in [0.4, 0.5) is 5.69 Å². The van der Waals surface area contributed by atoms with Crippen LogP contribution in [0.5, 0.6) is 0 Å². The van der Waals surface area contributed by atoms with Gasteiger partial charge in [-0.05, 0) is 44.5 Å². The average Bonchev–Trinajstić information content (AvgIpc) is 2.50. The van der Waals surface area contributed by atoms with E-state index in [-0.39, 0.29) is 11.8 Å². The molecule has 0 spiro atoms. The van der Waals surface area contributed by atoms with Crippen LogP contribution in [0.1, 0.15) is 37.6 Å². The SMILES string of the molecule is CCCNc1ccc(C(=O)N(CC)CC(C)C#N)cc1. The zero-order valence-corrected chi connectivity index (χ0v) is 12.5. The average molecular weight is 273 g/mol. The Morgan fingerprint density at radius 3 is 2.50 bits per heavy atom. The van der Waals surface area contributed by atoms with Gasteiger partial charge in [0, 0.05) is 30.9 Å². The van der Waals surface area contributed by atoms with Gasteiger partial charge >= 0.3 is 0 Å². The minimum atomic E-state index is -0.149. The van der Waals surface area contributed by atoms with Crippen molar-refractivity contribution >= 4 is 11.6 Å². The molecular formula is C16H23N3O. The standard InChI is InChI=1S/C16H23N3O/c1-4-10-18-15-8-6-14(7-9-15)16(20)19(5-2)12-13(3)11-17/h6-9,13,18H,4-5,10,12H2,1-3H3. The Morgan fingerprint density at radius 2 is 2.00 bits per heavy atom. The van der Waals surface area contributed by atoms with Crippen molar-refractivity contribution in [3.05, 3.63) is 29.8 Å². The Labute approximate surface area is 121 Å². The third kappa shape index (κ3) is 4.58. The van der Waals surface area contributed by atoms with Crippen molar-refractivity contribution in [2.75, 3.05) is 25.0 Å². The van der Waals surface area contributed by atoms with Crippen LogP contribution in [0.15, 0.2) is 24.3 Å². The van der Waals surface area contributed by atoms with Crippen LogP contribution in [0.2, 0.25) is 0 Å². The van der Waals surface area contributed by atoms with Crippen LogP contribution < -0.4 is 5.32 Å². The molecule has 0 radical (unpaired) electrons. The van der Waals surface area contributed by atoms with Gasteiger partial charge in [0.05, 0.1) is 12.0 Å². The molecule has 20 heavy (non-hydrogen) atoms. The smallest absolute Gasteiger partial charge is 0.253 e. The van der Waals surface area contributed by atoms with Crippen LogP contribution in [-0.4, -0.2) is 30.4 Å². The molecule has 0 heterocycles. The van der Waals surface area contributed by atoms with E-state index in [9.17, 15) is 4.79 Å². The lowest BCUT2D eigenvalue weighted by Crippen LogP contribution is -2.34. The molecule has 1 unspecified atom stereocenters. The molecule has 1 aromatic carbocycles. The highest BCUT2D eigenvalue weighted by Crippen LogP contribution is 2.12. The van der Waals surface area contributed by atoms with Crippen molar-refractivity contribution in [2.45, 2.75) is 27.2 Å². The maximum Gasteiger partial charge on any atom is 0.253 e. The lowest BCUT2D eigenvalue weighted by atomic mass is 10.1. The lowest BCUT2D eigenvalue weighted by Gasteiger charge is -2.22. The molecular weight excluding hydrogens is 250 g/mol. The number of nitrogens with one attached hydrogen (secondary N) is 1. The van der Waals surface area contributed by atoms with E-state index in [1.165, 1.54) is 0 Å². The predicted molar refractivity (Wildman–Crippen MR) is 81.6 cm³/mol. The largest absolute Gasteiger partial charge is 0.385 e. The van der Waals surface area contributed by atoms with E-state index in [4.69, 9.17) is 5.26 Å². The quantitative estimate of drug-likeness (QED) is 0.830. The fourth-order valence-corrected chi connectivity index (χ4v) is 1.91. The normalized spacial score (nSPS) is 11.5. The van der Waals surface area contributed by atoms with E-state index in [0.717, 1.165) is 18.7 Å². The summed E-state index contributed by atoms with van der Waals surface area (Å²) >= 11 is 0. The maximum absolute atomic E-state index is 12.3. The van der Waals surface area contributed by atoms with Gasteiger partial charge in [-0.25, -0.2) is 0 Å². The van der Waals surface area contributed by atoms with Gasteiger partial charge in [-0.1, -0.05) is 6.92 Å². The molecule has 1 rings (SSSR count). The Balaban J connectivity index is 2.72. The zero-order chi connectivity index (χ0) is 15.0. The predicted octanol–water partition coefficient (Wildman–Crippen LogP) is 3.13. The van der Waals surface area contributed by atoms with Crippen LogP contribution in [0.25, 0.3) is 0 Å². The van der Waals surface area contributed by atoms with Gasteiger partial charge in [0.1, 0.15) is 0 Å². The molecule has 0 saturated carbocycles. The van der Waals surface area contributed by atoms with Crippen molar-refractivity contribution in [3.63, 3.8) is 0 Å². The zero-order valence-electron chi connectivity index (χ0n) is 12.5. The van der Waals surface area contributed by atoms with Crippen LogP contribution in [0.3, 0.4) is 0 Å². The Hall–Kier alpha value is -2.02. The summed E-state index contributed by atoms with van der Waals surface area (Å²) in [4.78, 5) is 14.1. The van der Waals surface area contributed by atoms with Crippen LogP contribution in [0, 0.1) is 17.2 Å². The Morgan fingerprint density at radius 1 is 1.35 bits per heavy atom. The summed E-state index contributed by atoms with van der Waals surface area (Å²) in [5.74, 6) is -0.166. The first kappa shape index (κ1) is 16.0. The summed E-state index contributed by atoms with van der Waals surface area (Å²) in [6, 6.07) is 9.67. The Kier molecular flexibility index (Phi) is 6.58. The van der Waals surface area contributed by atoms with Crippen molar-refractivity contribution in [1.82, 2.24) is 4.90 Å². The second-order valence-corrected chi connectivity index (χ2v) is 4.88. The fourth-order valence-electron chi connectivity index (χ4n) is 1.91. The highest BCUT2D eigenvalue weighted by atomic mass is 16.2. The minimum absolute atomic E-state index is 0.0170. The summed E-state index contributed by atoms with van der Waals surface area (Å²) in [7, 11) is 0. The maximum atomic E-state index is 12.3. The highest BCUT2D eigenvalue weighted by molar-refractivity contribution is 5.94. The van der Waals surface area contributed by atoms with Gasteiger partial charge in [-0.15, -0.1) is 0 Å². The first-order valence-corrected chi connectivity index (χ1v) is 7.15. The van der Waals surface area contributed by atoms with E-state index in [0.29, 0.717) is 18.7 Å². The van der Waals surface area contributed by atoms with E-state index in [1.54, 1.807) is 4.90 Å². The van der Waals surface area contributed by atoms with Crippen molar-refractivity contribution in [1.29, 1.82) is 5.26 Å². The number of nitriles is 1. The third-order valence-electron chi connectivity index (χ3n) is 3.09. The van der Waals surface area contributed by atoms with E-state index in [2.05, 4.69) is 18.3 Å². The van der Waals surface area contributed by atoms with Gasteiger partial charge in [-0.2, -0.15) is 5.26 Å². The van der Waals surface area contributed by atoms with Crippen LogP contribution in [-0.2, 0) is 0 Å². The van der Waals surface area contributed by atoms with E-state index in [1.807, 2.05) is 38.1 Å². The number of hydrogen-bond donors (Lipinski definition) is 1. The number of carbonyl (C=O) groups excluding carboxylic acids is 1. The van der Waals surface area contributed by atoms with Gasteiger partial charge in [0.2, 0.25) is 0 Å². The number of anilines is 1. The second kappa shape index (κ2) is 8.21. The number of hydrogen-bond acceptors (Lipinski definition) is 3. The second-order valence-electron chi connectivity index (χ2n) is 4.88. The highest BCUT2D eigenvalue weighted by Gasteiger charge is 2.16. The summed E-state index contributed by atoms with van der Waals surface area (Å²) in [6.07, 6.45) is 1.07.